The zero-order chi connectivity index (χ0) is 27.5. The van der Waals surface area contributed by atoms with Gasteiger partial charge in [0.15, 0.2) is 0 Å². The summed E-state index contributed by atoms with van der Waals surface area (Å²) in [6, 6.07) is 5.60. The smallest absolute Gasteiger partial charge is 0.202 e. The highest BCUT2D eigenvalue weighted by molar-refractivity contribution is 7.71. The number of rotatable bonds is 7. The minimum absolute atomic E-state index is 0.234. The van der Waals surface area contributed by atoms with E-state index in [0.717, 1.165) is 24.8 Å². The average molecular weight is 553 g/mol. The first-order chi connectivity index (χ1) is 17.3. The first-order valence-electron chi connectivity index (χ1n) is 12.0. The van der Waals surface area contributed by atoms with Crippen molar-refractivity contribution in [3.05, 3.63) is 69.0 Å². The molecule has 0 aliphatic heterocycles. The van der Waals surface area contributed by atoms with Crippen LogP contribution in [-0.4, -0.2) is 29.3 Å². The standard InChI is InChI=1S/C16H14Cl2N4OS.C5H11N.C4H8.C2H6/c17-10-4-1-8(7-11(10)18)14-13(12(19)5-6-23)15(24)22-16(21-14)20-9-2-3-9;1-3-4-5-6-2;1-3-4-2;1-2/h1,4-7,9H,2-3,19H2,(H2,20,21,22,24);4-6H,3H2,1-2H3;3-4H,1-2H3;1-2H3/b12-5-;5-4+;4-3-;. The van der Waals surface area contributed by atoms with Gasteiger partial charge in [-0.15, -0.1) is 0 Å². The molecule has 0 saturated heterocycles. The third kappa shape index (κ3) is 12.4. The lowest BCUT2D eigenvalue weighted by Crippen LogP contribution is -2.10. The quantitative estimate of drug-likeness (QED) is 0.121. The molecule has 1 heterocycles. The molecule has 1 aromatic carbocycles. The van der Waals surface area contributed by atoms with Crippen LogP contribution in [0, 0.1) is 4.64 Å². The highest BCUT2D eigenvalue weighted by Gasteiger charge is 2.23. The molecule has 0 amide bonds. The lowest BCUT2D eigenvalue weighted by molar-refractivity contribution is -0.104. The van der Waals surface area contributed by atoms with E-state index in [1.807, 2.05) is 53.1 Å². The number of nitrogens with one attached hydrogen (secondary N) is 3. The molecule has 1 aliphatic rings. The minimum Gasteiger partial charge on any atom is -0.398 e. The highest BCUT2D eigenvalue weighted by atomic mass is 35.5. The van der Waals surface area contributed by atoms with Crippen molar-refractivity contribution in [3.8, 4) is 11.3 Å². The summed E-state index contributed by atoms with van der Waals surface area (Å²) >= 11 is 17.5. The van der Waals surface area contributed by atoms with Gasteiger partial charge in [0.1, 0.15) is 10.9 Å². The number of aromatic amines is 1. The van der Waals surface area contributed by atoms with E-state index >= 15 is 0 Å². The van der Waals surface area contributed by atoms with Crippen LogP contribution in [0.25, 0.3) is 17.0 Å². The average Bonchev–Trinajstić information content (AvgIpc) is 3.70. The molecule has 36 heavy (non-hydrogen) atoms. The maximum Gasteiger partial charge on any atom is 0.202 e. The molecule has 1 aromatic heterocycles. The second-order valence-corrected chi connectivity index (χ2v) is 8.41. The normalized spacial score (nSPS) is 12.5. The number of nitrogens with zero attached hydrogens (tertiary/aromatic N) is 1. The second kappa shape index (κ2) is 19.6. The van der Waals surface area contributed by atoms with E-state index in [9.17, 15) is 4.79 Å². The van der Waals surface area contributed by atoms with Crippen LogP contribution in [0.5, 0.6) is 0 Å². The third-order valence-electron chi connectivity index (χ3n) is 4.44. The number of hydrogen-bond acceptors (Lipinski definition) is 6. The molecule has 2 aromatic rings. The van der Waals surface area contributed by atoms with Gasteiger partial charge in [0.2, 0.25) is 5.95 Å². The van der Waals surface area contributed by atoms with E-state index < -0.39 is 0 Å². The molecule has 198 valence electrons. The van der Waals surface area contributed by atoms with Gasteiger partial charge < -0.3 is 21.4 Å². The molecular weight excluding hydrogens is 513 g/mol. The first kappa shape index (κ1) is 33.4. The number of aromatic nitrogens is 2. The molecule has 1 saturated carbocycles. The van der Waals surface area contributed by atoms with Gasteiger partial charge in [-0.3, -0.25) is 4.79 Å². The first-order valence-corrected chi connectivity index (χ1v) is 13.2. The number of aldehydes is 1. The molecule has 0 atom stereocenters. The Kier molecular flexibility index (Phi) is 18.1. The van der Waals surface area contributed by atoms with Crippen LogP contribution in [0.1, 0.15) is 59.4 Å². The van der Waals surface area contributed by atoms with Crippen molar-refractivity contribution in [2.75, 3.05) is 12.4 Å². The molecule has 0 bridgehead atoms. The van der Waals surface area contributed by atoms with Gasteiger partial charge in [-0.05, 0) is 51.4 Å². The Balaban J connectivity index is 0.000000860. The summed E-state index contributed by atoms with van der Waals surface area (Å²) in [4.78, 5) is 18.3. The predicted molar refractivity (Wildman–Crippen MR) is 160 cm³/mol. The molecule has 5 N–H and O–H groups in total. The zero-order valence-corrected chi connectivity index (χ0v) is 24.3. The van der Waals surface area contributed by atoms with E-state index in [4.69, 9.17) is 41.2 Å². The van der Waals surface area contributed by atoms with E-state index in [1.165, 1.54) is 6.08 Å². The number of hydrogen-bond donors (Lipinski definition) is 4. The van der Waals surface area contributed by atoms with E-state index in [-0.39, 0.29) is 5.70 Å². The van der Waals surface area contributed by atoms with Crippen molar-refractivity contribution < 1.29 is 4.79 Å². The number of carbonyl (C=O) groups excluding carboxylic acids is 1. The molecule has 9 heteroatoms. The van der Waals surface area contributed by atoms with Gasteiger partial charge >= 0.3 is 0 Å². The molecule has 1 fully saturated rings. The van der Waals surface area contributed by atoms with Crippen molar-refractivity contribution in [2.24, 2.45) is 5.73 Å². The van der Waals surface area contributed by atoms with Crippen LogP contribution in [0.2, 0.25) is 10.0 Å². The van der Waals surface area contributed by atoms with Gasteiger partial charge in [-0.2, -0.15) is 0 Å². The maximum absolute atomic E-state index is 10.8. The Morgan fingerprint density at radius 3 is 2.31 bits per heavy atom. The van der Waals surface area contributed by atoms with Crippen LogP contribution in [0.4, 0.5) is 5.95 Å². The molecule has 6 nitrogen and oxygen atoms in total. The topological polar surface area (TPSA) is 95.8 Å². The van der Waals surface area contributed by atoms with E-state index in [1.54, 1.807) is 18.2 Å². The molecule has 0 unspecified atom stereocenters. The number of halogens is 2. The van der Waals surface area contributed by atoms with Crippen LogP contribution in [-0.2, 0) is 4.79 Å². The van der Waals surface area contributed by atoms with E-state index in [2.05, 4.69) is 33.6 Å². The number of benzene rings is 1. The van der Waals surface area contributed by atoms with Crippen molar-refractivity contribution >= 4 is 53.4 Å². The fourth-order valence-electron chi connectivity index (χ4n) is 2.49. The second-order valence-electron chi connectivity index (χ2n) is 7.21. The number of allylic oxidation sites excluding steroid dienone is 4. The van der Waals surface area contributed by atoms with Crippen molar-refractivity contribution in [1.82, 2.24) is 15.3 Å². The van der Waals surface area contributed by atoms with Crippen molar-refractivity contribution in [2.45, 2.75) is 59.9 Å². The summed E-state index contributed by atoms with van der Waals surface area (Å²) in [5, 5.41) is 7.01. The van der Waals surface area contributed by atoms with Gasteiger partial charge in [-0.25, -0.2) is 4.98 Å². The molecule has 0 spiro atoms. The fraction of sp³-hybridized carbons (Fsp3) is 0.370. The Morgan fingerprint density at radius 2 is 1.86 bits per heavy atom. The molecule has 0 radical (unpaired) electrons. The predicted octanol–water partition coefficient (Wildman–Crippen LogP) is 7.92. The van der Waals surface area contributed by atoms with Gasteiger partial charge in [0.05, 0.1) is 21.3 Å². The fourth-order valence-corrected chi connectivity index (χ4v) is 3.10. The third-order valence-corrected chi connectivity index (χ3v) is 5.47. The summed E-state index contributed by atoms with van der Waals surface area (Å²) in [6.07, 6.45) is 13.2. The number of carbonyl (C=O) groups is 1. The summed E-state index contributed by atoms with van der Waals surface area (Å²) < 4.78 is 0.300. The maximum atomic E-state index is 10.8. The van der Waals surface area contributed by atoms with Gasteiger partial charge in [0.25, 0.3) is 0 Å². The van der Waals surface area contributed by atoms with Crippen molar-refractivity contribution in [1.29, 1.82) is 0 Å². The monoisotopic (exact) mass is 551 g/mol. The molecular formula is C27H39Cl2N5OS. The largest absolute Gasteiger partial charge is 0.398 e. The number of H-pyrrole nitrogens is 1. The SMILES string of the molecule is C/C=C\C.CC.CC/C=C/NC.N/C(=C\C=O)c1c(-c2ccc(Cl)c(Cl)c2)[nH]c(NC2CC2)nc1=S. The van der Waals surface area contributed by atoms with Gasteiger partial charge in [0, 0.05) is 30.4 Å². The van der Waals surface area contributed by atoms with Crippen LogP contribution >= 0.6 is 35.4 Å². The summed E-state index contributed by atoms with van der Waals surface area (Å²) in [5.41, 5.74) is 8.09. The Bertz CT molecular complexity index is 1070. The molecule has 1 aliphatic carbocycles. The minimum atomic E-state index is 0.234. The van der Waals surface area contributed by atoms with Crippen LogP contribution < -0.4 is 16.4 Å². The van der Waals surface area contributed by atoms with Crippen molar-refractivity contribution in [3.63, 3.8) is 0 Å². The zero-order valence-electron chi connectivity index (χ0n) is 22.0. The highest BCUT2D eigenvalue weighted by Crippen LogP contribution is 2.32. The summed E-state index contributed by atoms with van der Waals surface area (Å²) in [5.74, 6) is 0.561. The van der Waals surface area contributed by atoms with Crippen LogP contribution in [0.15, 0.2) is 48.7 Å². The summed E-state index contributed by atoms with van der Waals surface area (Å²) in [6.45, 7) is 10.1. The van der Waals surface area contributed by atoms with Crippen LogP contribution in [0.3, 0.4) is 0 Å². The summed E-state index contributed by atoms with van der Waals surface area (Å²) in [7, 11) is 1.90. The van der Waals surface area contributed by atoms with E-state index in [0.29, 0.717) is 44.2 Å². The Labute approximate surface area is 231 Å². The Hall–Kier alpha value is -2.61. The lowest BCUT2D eigenvalue weighted by Gasteiger charge is -2.14. The van der Waals surface area contributed by atoms with Gasteiger partial charge in [-0.1, -0.05) is 80.5 Å². The number of anilines is 1. The Morgan fingerprint density at radius 1 is 1.22 bits per heavy atom. The lowest BCUT2D eigenvalue weighted by atomic mass is 10.0. The molecule has 3 rings (SSSR count). The number of nitrogens with two attached hydrogens (primary N) is 1.